The van der Waals surface area contributed by atoms with Crippen LogP contribution in [0.25, 0.3) is 10.8 Å². The standard InChI is InChI=1S/C27H28N2O5/c1-6-8-16(2)15-17-11-12-20-23-18(17)9-7-10-19(23)24(31)28(20)21-13-14-22(30)29(25(21)32)26(33)34-27(3,4)5/h6-12,21H,1,13-15H2,2-5H3/b16-8+. The van der Waals surface area contributed by atoms with Gasteiger partial charge in [0.15, 0.2) is 0 Å². The summed E-state index contributed by atoms with van der Waals surface area (Å²) in [5.74, 6) is -1.67. The van der Waals surface area contributed by atoms with Gasteiger partial charge < -0.3 is 4.74 Å². The van der Waals surface area contributed by atoms with Gasteiger partial charge in [-0.15, -0.1) is 0 Å². The fraction of sp³-hybridized carbons (Fsp3) is 0.333. The SMILES string of the molecule is C=C/C=C(\C)Cc1ccc2c3c(cccc13)C(=O)N2C1CCC(=O)N(C(=O)OC(C)(C)C)C1=O. The highest BCUT2D eigenvalue weighted by molar-refractivity contribution is 6.28. The number of hydrogen-bond acceptors (Lipinski definition) is 5. The average molecular weight is 461 g/mol. The summed E-state index contributed by atoms with van der Waals surface area (Å²) in [6, 6.07) is 8.37. The highest BCUT2D eigenvalue weighted by Gasteiger charge is 2.47. The molecule has 1 atom stereocenters. The van der Waals surface area contributed by atoms with E-state index in [1.54, 1.807) is 32.9 Å². The largest absolute Gasteiger partial charge is 0.443 e. The maximum Gasteiger partial charge on any atom is 0.424 e. The van der Waals surface area contributed by atoms with Crippen molar-refractivity contribution in [3.63, 3.8) is 0 Å². The van der Waals surface area contributed by atoms with E-state index >= 15 is 0 Å². The molecule has 34 heavy (non-hydrogen) atoms. The number of nitrogens with zero attached hydrogens (tertiary/aromatic N) is 2. The number of anilines is 1. The fourth-order valence-electron chi connectivity index (χ4n) is 4.60. The van der Waals surface area contributed by atoms with Gasteiger partial charge in [0, 0.05) is 17.4 Å². The summed E-state index contributed by atoms with van der Waals surface area (Å²) in [6.45, 7) is 10.7. The first-order valence-corrected chi connectivity index (χ1v) is 11.3. The van der Waals surface area contributed by atoms with Crippen molar-refractivity contribution in [2.45, 2.75) is 58.6 Å². The van der Waals surface area contributed by atoms with E-state index in [1.807, 2.05) is 37.3 Å². The van der Waals surface area contributed by atoms with Crippen LogP contribution < -0.4 is 4.90 Å². The molecule has 2 aromatic carbocycles. The molecule has 0 N–H and O–H groups in total. The number of likely N-dealkylation sites (tertiary alicyclic amines) is 1. The second-order valence-electron chi connectivity index (χ2n) is 9.67. The molecule has 0 radical (unpaired) electrons. The van der Waals surface area contributed by atoms with E-state index in [1.165, 1.54) is 4.90 Å². The molecule has 1 unspecified atom stereocenters. The van der Waals surface area contributed by atoms with Gasteiger partial charge in [0.05, 0.1) is 5.69 Å². The van der Waals surface area contributed by atoms with Gasteiger partial charge >= 0.3 is 6.09 Å². The van der Waals surface area contributed by atoms with Crippen molar-refractivity contribution in [3.8, 4) is 0 Å². The maximum absolute atomic E-state index is 13.5. The Morgan fingerprint density at radius 2 is 1.91 bits per heavy atom. The third-order valence-corrected chi connectivity index (χ3v) is 5.96. The molecule has 0 aliphatic carbocycles. The number of piperidine rings is 1. The Balaban J connectivity index is 1.73. The van der Waals surface area contributed by atoms with Gasteiger partial charge in [0.1, 0.15) is 11.6 Å². The van der Waals surface area contributed by atoms with Crippen LogP contribution in [0.15, 0.2) is 54.6 Å². The number of rotatable bonds is 4. The monoisotopic (exact) mass is 460 g/mol. The number of carbonyl (C=O) groups excluding carboxylic acids is 4. The van der Waals surface area contributed by atoms with E-state index in [0.717, 1.165) is 21.9 Å². The first-order chi connectivity index (χ1) is 16.0. The quantitative estimate of drug-likeness (QED) is 0.477. The topological polar surface area (TPSA) is 84.0 Å². The molecule has 2 aliphatic heterocycles. The number of allylic oxidation sites excluding steroid dienone is 3. The Bertz CT molecular complexity index is 1270. The van der Waals surface area contributed by atoms with Crippen molar-refractivity contribution in [2.24, 2.45) is 0 Å². The molecule has 7 heteroatoms. The first-order valence-electron chi connectivity index (χ1n) is 11.3. The molecule has 1 saturated heterocycles. The second-order valence-corrected chi connectivity index (χ2v) is 9.67. The predicted molar refractivity (Wildman–Crippen MR) is 130 cm³/mol. The molecule has 0 aromatic heterocycles. The number of hydrogen-bond donors (Lipinski definition) is 0. The fourth-order valence-corrected chi connectivity index (χ4v) is 4.60. The predicted octanol–water partition coefficient (Wildman–Crippen LogP) is 4.93. The Morgan fingerprint density at radius 1 is 1.18 bits per heavy atom. The lowest BCUT2D eigenvalue weighted by Crippen LogP contribution is -2.58. The summed E-state index contributed by atoms with van der Waals surface area (Å²) < 4.78 is 5.28. The zero-order valence-corrected chi connectivity index (χ0v) is 19.9. The van der Waals surface area contributed by atoms with Crippen molar-refractivity contribution in [2.75, 3.05) is 4.90 Å². The summed E-state index contributed by atoms with van der Waals surface area (Å²) >= 11 is 0. The molecule has 0 saturated carbocycles. The molecular weight excluding hydrogens is 432 g/mol. The number of carbonyl (C=O) groups is 4. The summed E-state index contributed by atoms with van der Waals surface area (Å²) in [7, 11) is 0. The molecule has 2 aliphatic rings. The Morgan fingerprint density at radius 3 is 2.59 bits per heavy atom. The maximum atomic E-state index is 13.5. The zero-order valence-electron chi connectivity index (χ0n) is 19.9. The molecule has 1 fully saturated rings. The second kappa shape index (κ2) is 8.56. The highest BCUT2D eigenvalue weighted by Crippen LogP contribution is 2.42. The lowest BCUT2D eigenvalue weighted by molar-refractivity contribution is -0.147. The highest BCUT2D eigenvalue weighted by atomic mass is 16.6. The van der Waals surface area contributed by atoms with Gasteiger partial charge in [-0.2, -0.15) is 4.90 Å². The van der Waals surface area contributed by atoms with Crippen LogP contribution in [0.5, 0.6) is 0 Å². The summed E-state index contributed by atoms with van der Waals surface area (Å²) in [5.41, 5.74) is 2.44. The first kappa shape index (κ1) is 23.4. The van der Waals surface area contributed by atoms with Crippen LogP contribution in [-0.2, 0) is 20.7 Å². The molecule has 0 bridgehead atoms. The van der Waals surface area contributed by atoms with Crippen LogP contribution in [0, 0.1) is 0 Å². The molecule has 4 rings (SSSR count). The normalized spacial score (nSPS) is 18.6. The van der Waals surface area contributed by atoms with Crippen LogP contribution >= 0.6 is 0 Å². The van der Waals surface area contributed by atoms with Gasteiger partial charge in [-0.05, 0) is 63.6 Å². The minimum atomic E-state index is -1.01. The average Bonchev–Trinajstić information content (AvgIpc) is 3.02. The van der Waals surface area contributed by atoms with Crippen LogP contribution in [-0.4, -0.2) is 40.4 Å². The molecule has 176 valence electrons. The number of ether oxygens (including phenoxy) is 1. The van der Waals surface area contributed by atoms with Gasteiger partial charge in [0.2, 0.25) is 5.91 Å². The van der Waals surface area contributed by atoms with Crippen molar-refractivity contribution < 1.29 is 23.9 Å². The van der Waals surface area contributed by atoms with Crippen LogP contribution in [0.3, 0.4) is 0 Å². The molecule has 7 nitrogen and oxygen atoms in total. The smallest absolute Gasteiger partial charge is 0.424 e. The Kier molecular flexibility index (Phi) is 5.89. The van der Waals surface area contributed by atoms with Crippen molar-refractivity contribution >= 4 is 40.3 Å². The zero-order chi connectivity index (χ0) is 24.8. The van der Waals surface area contributed by atoms with E-state index in [0.29, 0.717) is 22.6 Å². The lowest BCUT2D eigenvalue weighted by Gasteiger charge is -2.35. The Hall–Kier alpha value is -3.74. The van der Waals surface area contributed by atoms with E-state index < -0.39 is 29.6 Å². The molecule has 0 spiro atoms. The molecule has 2 aromatic rings. The summed E-state index contributed by atoms with van der Waals surface area (Å²) in [5, 5.41) is 1.72. The van der Waals surface area contributed by atoms with E-state index in [-0.39, 0.29) is 18.7 Å². The third kappa shape index (κ3) is 4.02. The molecule has 4 amide bonds. The third-order valence-electron chi connectivity index (χ3n) is 5.96. The number of imide groups is 3. The van der Waals surface area contributed by atoms with Crippen LogP contribution in [0.4, 0.5) is 10.5 Å². The summed E-state index contributed by atoms with van der Waals surface area (Å²) in [4.78, 5) is 53.9. The lowest BCUT2D eigenvalue weighted by atomic mass is 9.96. The summed E-state index contributed by atoms with van der Waals surface area (Å²) in [6.07, 6.45) is 3.48. The molecule has 2 heterocycles. The molecular formula is C27H28N2O5. The van der Waals surface area contributed by atoms with E-state index in [2.05, 4.69) is 6.58 Å². The number of amides is 4. The van der Waals surface area contributed by atoms with Crippen LogP contribution in [0.1, 0.15) is 56.5 Å². The minimum Gasteiger partial charge on any atom is -0.443 e. The van der Waals surface area contributed by atoms with Gasteiger partial charge in [-0.1, -0.05) is 42.5 Å². The van der Waals surface area contributed by atoms with Gasteiger partial charge in [-0.25, -0.2) is 4.79 Å². The van der Waals surface area contributed by atoms with Crippen LogP contribution in [0.2, 0.25) is 0 Å². The Labute approximate surface area is 198 Å². The van der Waals surface area contributed by atoms with Gasteiger partial charge in [-0.3, -0.25) is 19.3 Å². The van der Waals surface area contributed by atoms with Crippen molar-refractivity contribution in [3.05, 3.63) is 65.8 Å². The minimum absolute atomic E-state index is 0.0391. The van der Waals surface area contributed by atoms with Crippen molar-refractivity contribution in [1.29, 1.82) is 0 Å². The van der Waals surface area contributed by atoms with Gasteiger partial charge in [0.25, 0.3) is 11.8 Å². The van der Waals surface area contributed by atoms with E-state index in [9.17, 15) is 19.2 Å². The van der Waals surface area contributed by atoms with Crippen molar-refractivity contribution in [1.82, 2.24) is 4.90 Å². The van der Waals surface area contributed by atoms with E-state index in [4.69, 9.17) is 4.74 Å². The number of benzene rings is 2.